The molecule has 8 aromatic carbocycles. The van der Waals surface area contributed by atoms with Gasteiger partial charge in [0.2, 0.25) is 11.8 Å². The molecule has 0 saturated carbocycles. The molecule has 10 aromatic rings. The number of fused-ring (bicyclic) bond motifs is 2. The summed E-state index contributed by atoms with van der Waals surface area (Å²) in [6.07, 6.45) is -10.5. The number of likely N-dealkylation sites (tertiary alicyclic amines) is 2. The summed E-state index contributed by atoms with van der Waals surface area (Å²) in [7, 11) is -5.43. The maximum absolute atomic E-state index is 15.6. The Hall–Kier alpha value is -9.04. The summed E-state index contributed by atoms with van der Waals surface area (Å²) < 4.78 is 426. The molecule has 0 spiro atoms. The highest BCUT2D eigenvalue weighted by molar-refractivity contribution is 7.98. The van der Waals surface area contributed by atoms with E-state index in [0.29, 0.717) is 24.2 Å². The number of hydrogen-bond acceptors (Lipinski definition) is 10. The Morgan fingerprint density at radius 2 is 1.15 bits per heavy atom. The third-order valence-corrected chi connectivity index (χ3v) is 18.5. The first-order valence-corrected chi connectivity index (χ1v) is 33.7. The zero-order chi connectivity index (χ0) is 103. The van der Waals surface area contributed by atoms with Crippen LogP contribution in [0.25, 0.3) is 44.1 Å². The first-order valence-electron chi connectivity index (χ1n) is 48.1. The van der Waals surface area contributed by atoms with Gasteiger partial charge >= 0.3 is 12.4 Å². The molecule has 0 N–H and O–H groups in total. The van der Waals surface area contributed by atoms with E-state index in [1.54, 1.807) is 17.0 Å². The lowest BCUT2D eigenvalue weighted by Gasteiger charge is -2.42. The normalized spacial score (nSPS) is 20.0. The van der Waals surface area contributed by atoms with Crippen LogP contribution in [0.15, 0.2) is 207 Å². The van der Waals surface area contributed by atoms with Crippen molar-refractivity contribution in [2.75, 3.05) is 66.6 Å². The Morgan fingerprint density at radius 1 is 0.585 bits per heavy atom. The van der Waals surface area contributed by atoms with Gasteiger partial charge in [-0.2, -0.15) is 26.3 Å². The second-order valence-corrected chi connectivity index (χ2v) is 25.3. The fraction of sp³-hybridized carbons (Fsp3) is 0.317. The number of halogens is 10. The average Bonchev–Trinajstić information content (AvgIpc) is 0.701. The number of ether oxygens (including phenoxy) is 2. The Morgan fingerprint density at radius 3 is 1.78 bits per heavy atom. The van der Waals surface area contributed by atoms with E-state index in [-0.39, 0.29) is 83.3 Å². The van der Waals surface area contributed by atoms with Crippen LogP contribution >= 0.6 is 23.5 Å². The van der Waals surface area contributed by atoms with Crippen LogP contribution in [-0.4, -0.2) is 119 Å². The third kappa shape index (κ3) is 19.2. The number of hydrogen-bond donors (Lipinski definition) is 0. The van der Waals surface area contributed by atoms with Gasteiger partial charge in [-0.15, -0.1) is 23.5 Å². The predicted molar refractivity (Wildman–Crippen MR) is 395 cm³/mol. The third-order valence-electron chi connectivity index (χ3n) is 16.9. The van der Waals surface area contributed by atoms with Gasteiger partial charge < -0.3 is 38.2 Å². The molecule has 2 saturated heterocycles. The summed E-state index contributed by atoms with van der Waals surface area (Å²) in [6.45, 7) is -9.00. The van der Waals surface area contributed by atoms with Gasteiger partial charge in [0.25, 0.3) is 0 Å². The number of amides is 2. The van der Waals surface area contributed by atoms with E-state index in [1.807, 2.05) is 4.90 Å². The van der Waals surface area contributed by atoms with Crippen molar-refractivity contribution in [3.63, 3.8) is 0 Å². The van der Waals surface area contributed by atoms with Crippen molar-refractivity contribution in [2.45, 2.75) is 111 Å². The number of benzene rings is 8. The predicted octanol–water partition coefficient (Wildman–Crippen LogP) is 17.7. The molecule has 12 nitrogen and oxygen atoms in total. The molecule has 0 bridgehead atoms. The summed E-state index contributed by atoms with van der Waals surface area (Å²) in [4.78, 5) is 63.0. The van der Waals surface area contributed by atoms with E-state index in [2.05, 4.69) is 0 Å². The lowest BCUT2D eigenvalue weighted by Crippen LogP contribution is -2.49. The smallest absolute Gasteiger partial charge is 0.383 e. The molecule has 556 valence electrons. The number of piperidine rings is 2. The van der Waals surface area contributed by atoms with Crippen LogP contribution in [0, 0.1) is 30.2 Å². The van der Waals surface area contributed by atoms with Crippen molar-refractivity contribution >= 4 is 57.1 Å². The van der Waals surface area contributed by atoms with Gasteiger partial charge in [0.15, 0.2) is 34.1 Å². The highest BCUT2D eigenvalue weighted by Crippen LogP contribution is 2.37. The van der Waals surface area contributed by atoms with Crippen molar-refractivity contribution < 1.29 is 107 Å². The molecule has 2 aliphatic rings. The molecule has 24 heteroatoms. The number of carbonyl (C=O) groups is 2. The molecule has 0 radical (unpaired) electrons. The molecule has 2 fully saturated rings. The molecule has 2 aromatic heterocycles. The number of rotatable bonds is 24. The van der Waals surface area contributed by atoms with Crippen LogP contribution < -0.4 is 10.9 Å². The van der Waals surface area contributed by atoms with E-state index < -0.39 is 309 Å². The average molecular weight is 1530 g/mol. The molecule has 1 atom stereocenters. The summed E-state index contributed by atoms with van der Waals surface area (Å²) in [6, 6.07) is -5.46. The zero-order valence-corrected chi connectivity index (χ0v) is 57.2. The van der Waals surface area contributed by atoms with Gasteiger partial charge in [0, 0.05) is 123 Å². The maximum Gasteiger partial charge on any atom is 0.416 e. The van der Waals surface area contributed by atoms with Gasteiger partial charge in [0.05, 0.1) is 89.8 Å². The Bertz CT molecular complexity index is 6480. The maximum atomic E-state index is 15.6. The number of carbonyl (C=O) groups excluding carboxylic acids is 2. The highest BCUT2D eigenvalue weighted by Gasteiger charge is 2.35. The van der Waals surface area contributed by atoms with Gasteiger partial charge in [0.1, 0.15) is 13.0 Å². The molecular weight excluding hydrogens is 1420 g/mol. The number of pyridine rings is 2. The second kappa shape index (κ2) is 35.1. The molecular formula is C82H80F10N6O6S2. The first kappa shape index (κ1) is 46.2. The molecule has 2 amide bonds. The Kier molecular flexibility index (Phi) is 15.3. The fourth-order valence-corrected chi connectivity index (χ4v) is 12.9. The monoisotopic (exact) mass is 1530 g/mol. The minimum Gasteiger partial charge on any atom is -0.383 e. The minimum atomic E-state index is -5.47. The molecule has 4 heterocycles. The molecule has 2 aliphatic heterocycles. The lowest BCUT2D eigenvalue weighted by atomic mass is 9.96. The Balaban J connectivity index is 0.000000272. The molecule has 0 aliphatic carbocycles. The van der Waals surface area contributed by atoms with Crippen molar-refractivity contribution in [3.8, 4) is 22.3 Å². The SMILES string of the molecule is [2H]C([2H])([2H])OCCN1CCC(N(C(=O)C([2H])([2H])n2c(SC([2H])([2H])c3cccc(F)c3F)cc(=O)c3ccccc32)C([2H])(C)c2ccc(-c3ccc(C(F)(F)F)cc3)cc2)CC1.[2H]c1c([2H])c(F)c(F)c(C([2H])([2H])Sc2c([2H])c(=O)c3c([2H])c(C)c([2H])c([2H])c3n2C([2H])([2H])C(=O)N(C2CCN(CCOC([2H])([2H])[2H])CC2)C([2H])([2H])c2c([2H])c([2H])c(-c3c([2H])c([2H])c(C(F)(F)F)c([2H])c3[2H])c([2H])c2[2H])c1[2H]. The van der Waals surface area contributed by atoms with Crippen molar-refractivity contribution in [3.05, 3.63) is 270 Å². The number of alkyl halides is 6. The lowest BCUT2D eigenvalue weighted by molar-refractivity contribution is -0.138. The number of methoxy groups -OCH3 is 2. The van der Waals surface area contributed by atoms with Gasteiger partial charge in [-0.05, 0) is 133 Å². The van der Waals surface area contributed by atoms with Gasteiger partial charge in [-0.1, -0.05) is 121 Å². The van der Waals surface area contributed by atoms with Crippen LogP contribution in [0.5, 0.6) is 0 Å². The van der Waals surface area contributed by atoms with Crippen molar-refractivity contribution in [1.82, 2.24) is 28.7 Å². The topological polar surface area (TPSA) is 110 Å². The standard InChI is InChI=1S/2C41H40F5N3O3S/c1-27(28-10-12-29(13-11-28)30-14-16-32(17-15-30)41(44,45)46)49(33-18-20-47(21-19-33)22-23-52-2)38(51)25-48-36-9-4-3-7-34(36)37(50)24-39(48)53-26-31-6-5-8-35(42)40(31)43;1-27-6-15-36-34(22-27)37(50)23-39(53-26-31-4-3-5-35(42)40(31)43)49(36)25-38(51)48(33-16-18-47(19-17-33)20-21-52-2)24-28-7-9-29(10-8-28)30-11-13-32(14-12-30)41(44,45)46/h3-17,24,27,33H,18-23,25-26H2,1-2H3;3-15,22-23,33H,16-21,24-26H2,1-2H3/i2D3,25D2,26D2,27D;2D3,3D,4D,5D,6D,7D,8D,9D,10D,11D,12D,13D,14D,15D,22D,23D,24D2,25D2,26D2. The van der Waals surface area contributed by atoms with Crippen molar-refractivity contribution in [1.29, 1.82) is 0 Å². The highest BCUT2D eigenvalue weighted by atomic mass is 32.2. The number of aromatic nitrogens is 2. The van der Waals surface area contributed by atoms with Gasteiger partial charge in [-0.3, -0.25) is 19.2 Å². The Labute approximate surface area is 661 Å². The van der Waals surface area contributed by atoms with Crippen LogP contribution in [-0.2, 0) is 62.3 Å². The molecule has 12 rings (SSSR count). The second-order valence-electron chi connectivity index (χ2n) is 23.7. The number of thioether (sulfide) groups is 2. The fourth-order valence-electron chi connectivity index (χ4n) is 11.4. The number of para-hydroxylation sites is 1. The minimum absolute atomic E-state index is 0.0346. The summed E-state index contributed by atoms with van der Waals surface area (Å²) >= 11 is -0.388. The number of nitrogens with zero attached hydrogens (tertiary/aromatic N) is 6. The van der Waals surface area contributed by atoms with Crippen LogP contribution in [0.3, 0.4) is 0 Å². The van der Waals surface area contributed by atoms with Crippen LogP contribution in [0.1, 0.15) is 121 Å². The summed E-state index contributed by atoms with van der Waals surface area (Å²) in [5, 5.41) is -2.97. The summed E-state index contributed by atoms with van der Waals surface area (Å²) in [5.41, 5.74) is -18.5. The van der Waals surface area contributed by atoms with Crippen LogP contribution in [0.2, 0.25) is 0 Å². The van der Waals surface area contributed by atoms with E-state index >= 15 is 14.0 Å². The van der Waals surface area contributed by atoms with Crippen LogP contribution in [0.4, 0.5) is 43.9 Å². The van der Waals surface area contributed by atoms with E-state index in [4.69, 9.17) is 43.7 Å². The molecule has 1 unspecified atom stereocenters. The van der Waals surface area contributed by atoms with E-state index in [1.165, 1.54) is 55.5 Å². The molecule has 106 heavy (non-hydrogen) atoms. The summed E-state index contributed by atoms with van der Waals surface area (Å²) in [5.74, 6) is -10.6. The van der Waals surface area contributed by atoms with E-state index in [9.17, 15) is 58.7 Å². The zero-order valence-electron chi connectivity index (χ0n) is 87.6. The quantitative estimate of drug-likeness (QED) is 0.0428. The largest absolute Gasteiger partial charge is 0.416 e. The van der Waals surface area contributed by atoms with Gasteiger partial charge in [-0.25, -0.2) is 17.6 Å². The first-order chi connectivity index (χ1) is 63.5. The van der Waals surface area contributed by atoms with Crippen molar-refractivity contribution in [2.24, 2.45) is 0 Å². The van der Waals surface area contributed by atoms with E-state index in [0.717, 1.165) is 52.8 Å².